The van der Waals surface area contributed by atoms with Gasteiger partial charge in [0.1, 0.15) is 0 Å². The van der Waals surface area contributed by atoms with Gasteiger partial charge in [0, 0.05) is 26.1 Å². The van der Waals surface area contributed by atoms with E-state index < -0.39 is 11.6 Å². The molecule has 2 N–H and O–H groups in total. The summed E-state index contributed by atoms with van der Waals surface area (Å²) in [6.07, 6.45) is 0.0325. The molecule has 1 heterocycles. The molecule has 0 saturated carbocycles. The lowest BCUT2D eigenvalue weighted by Crippen LogP contribution is -2.47. The fourth-order valence-electron chi connectivity index (χ4n) is 2.33. The van der Waals surface area contributed by atoms with E-state index in [4.69, 9.17) is 0 Å². The maximum absolute atomic E-state index is 14.6. The Bertz CT molecular complexity index is 509. The van der Waals surface area contributed by atoms with Gasteiger partial charge in [-0.25, -0.2) is 9.18 Å². The van der Waals surface area contributed by atoms with Crippen LogP contribution in [0.25, 0.3) is 0 Å². The molecule has 6 heteroatoms. The lowest BCUT2D eigenvalue weighted by Gasteiger charge is -2.20. The molecule has 1 aromatic rings. The molecule has 1 aromatic carbocycles. The van der Waals surface area contributed by atoms with Crippen molar-refractivity contribution in [2.45, 2.75) is 25.6 Å². The van der Waals surface area contributed by atoms with Crippen molar-refractivity contribution in [1.29, 1.82) is 0 Å². The van der Waals surface area contributed by atoms with Gasteiger partial charge in [-0.2, -0.15) is 0 Å². The summed E-state index contributed by atoms with van der Waals surface area (Å²) in [5, 5.41) is 5.21. The van der Waals surface area contributed by atoms with E-state index in [-0.39, 0.29) is 32.1 Å². The van der Waals surface area contributed by atoms with E-state index in [9.17, 15) is 14.0 Å². The summed E-state index contributed by atoms with van der Waals surface area (Å²) in [5.74, 6) is -0.654. The number of urea groups is 1. The van der Waals surface area contributed by atoms with Gasteiger partial charge in [0.2, 0.25) is 5.67 Å². The van der Waals surface area contributed by atoms with Gasteiger partial charge in [-0.15, -0.1) is 0 Å². The molecule has 1 aliphatic rings. The van der Waals surface area contributed by atoms with Gasteiger partial charge in [0.25, 0.3) is 5.91 Å². The molecule has 5 nitrogen and oxygen atoms in total. The Labute approximate surface area is 123 Å². The summed E-state index contributed by atoms with van der Waals surface area (Å²) in [7, 11) is 0. The highest BCUT2D eigenvalue weighted by atomic mass is 19.1. The van der Waals surface area contributed by atoms with Crippen LogP contribution in [0.15, 0.2) is 30.3 Å². The van der Waals surface area contributed by atoms with E-state index in [1.165, 1.54) is 4.90 Å². The number of benzene rings is 1. The molecule has 1 atom stereocenters. The summed E-state index contributed by atoms with van der Waals surface area (Å²) in [6, 6.07) is 9.00. The molecular formula is C15H20FN3O2. The van der Waals surface area contributed by atoms with Crippen LogP contribution in [-0.2, 0) is 11.3 Å². The van der Waals surface area contributed by atoms with Crippen LogP contribution in [0.3, 0.4) is 0 Å². The van der Waals surface area contributed by atoms with Gasteiger partial charge >= 0.3 is 6.03 Å². The second-order valence-electron chi connectivity index (χ2n) is 5.14. The molecule has 0 aromatic heterocycles. The van der Waals surface area contributed by atoms with Crippen molar-refractivity contribution in [2.75, 3.05) is 19.6 Å². The zero-order valence-corrected chi connectivity index (χ0v) is 12.1. The van der Waals surface area contributed by atoms with Crippen molar-refractivity contribution in [1.82, 2.24) is 15.5 Å². The Hall–Kier alpha value is -2.11. The van der Waals surface area contributed by atoms with Gasteiger partial charge < -0.3 is 15.5 Å². The Morgan fingerprint density at radius 1 is 1.29 bits per heavy atom. The molecule has 0 spiro atoms. The summed E-state index contributed by atoms with van der Waals surface area (Å²) in [6.45, 7) is 2.62. The minimum atomic E-state index is -2.00. The summed E-state index contributed by atoms with van der Waals surface area (Å²) >= 11 is 0. The van der Waals surface area contributed by atoms with Crippen LogP contribution in [0.5, 0.6) is 0 Å². The Kier molecular flexibility index (Phi) is 4.77. The van der Waals surface area contributed by atoms with Crippen LogP contribution in [0.2, 0.25) is 0 Å². The minimum Gasteiger partial charge on any atom is -0.349 e. The first-order chi connectivity index (χ1) is 10.0. The topological polar surface area (TPSA) is 61.4 Å². The molecule has 1 aliphatic heterocycles. The lowest BCUT2D eigenvalue weighted by atomic mass is 10.0. The SMILES string of the molecule is CCNC(=O)N1CC[C@@](F)(C(=O)NCc2ccccc2)C1. The van der Waals surface area contributed by atoms with Crippen molar-refractivity contribution >= 4 is 11.9 Å². The molecular weight excluding hydrogens is 273 g/mol. The Balaban J connectivity index is 1.89. The second-order valence-corrected chi connectivity index (χ2v) is 5.14. The number of rotatable bonds is 4. The van der Waals surface area contributed by atoms with E-state index >= 15 is 0 Å². The monoisotopic (exact) mass is 293 g/mol. The average Bonchev–Trinajstić information content (AvgIpc) is 2.90. The average molecular weight is 293 g/mol. The highest BCUT2D eigenvalue weighted by Gasteiger charge is 2.46. The third-order valence-corrected chi connectivity index (χ3v) is 3.54. The molecule has 0 aliphatic carbocycles. The summed E-state index contributed by atoms with van der Waals surface area (Å²) in [4.78, 5) is 25.0. The number of amides is 3. The van der Waals surface area contributed by atoms with Crippen molar-refractivity contribution in [3.8, 4) is 0 Å². The van der Waals surface area contributed by atoms with Gasteiger partial charge in [-0.3, -0.25) is 4.79 Å². The zero-order valence-electron chi connectivity index (χ0n) is 12.1. The van der Waals surface area contributed by atoms with Gasteiger partial charge in [-0.1, -0.05) is 30.3 Å². The van der Waals surface area contributed by atoms with Gasteiger partial charge in [0.05, 0.1) is 6.54 Å². The predicted molar refractivity (Wildman–Crippen MR) is 77.4 cm³/mol. The number of carbonyl (C=O) groups excluding carboxylic acids is 2. The molecule has 2 rings (SSSR count). The molecule has 1 saturated heterocycles. The van der Waals surface area contributed by atoms with E-state index in [0.717, 1.165) is 5.56 Å². The Morgan fingerprint density at radius 2 is 2.00 bits per heavy atom. The van der Waals surface area contributed by atoms with Crippen LogP contribution in [0, 0.1) is 0 Å². The molecule has 21 heavy (non-hydrogen) atoms. The first kappa shape index (κ1) is 15.3. The molecule has 3 amide bonds. The van der Waals surface area contributed by atoms with E-state index in [2.05, 4.69) is 10.6 Å². The molecule has 0 radical (unpaired) electrons. The van der Waals surface area contributed by atoms with E-state index in [0.29, 0.717) is 6.54 Å². The highest BCUT2D eigenvalue weighted by molar-refractivity contribution is 5.87. The lowest BCUT2D eigenvalue weighted by molar-refractivity contribution is -0.132. The van der Waals surface area contributed by atoms with Crippen LogP contribution < -0.4 is 10.6 Å². The molecule has 1 fully saturated rings. The van der Waals surface area contributed by atoms with Crippen LogP contribution in [0.4, 0.5) is 9.18 Å². The fourth-order valence-corrected chi connectivity index (χ4v) is 2.33. The van der Waals surface area contributed by atoms with Gasteiger partial charge in [-0.05, 0) is 12.5 Å². The van der Waals surface area contributed by atoms with Crippen molar-refractivity contribution in [3.05, 3.63) is 35.9 Å². The number of carbonyl (C=O) groups is 2. The van der Waals surface area contributed by atoms with Crippen LogP contribution >= 0.6 is 0 Å². The third kappa shape index (κ3) is 3.71. The first-order valence-electron chi connectivity index (χ1n) is 7.09. The van der Waals surface area contributed by atoms with Crippen LogP contribution in [-0.4, -0.2) is 42.1 Å². The number of nitrogens with one attached hydrogen (secondary N) is 2. The number of halogens is 1. The highest BCUT2D eigenvalue weighted by Crippen LogP contribution is 2.26. The summed E-state index contributed by atoms with van der Waals surface area (Å²) in [5.41, 5.74) is -1.09. The van der Waals surface area contributed by atoms with Crippen LogP contribution in [0.1, 0.15) is 18.9 Å². The third-order valence-electron chi connectivity index (χ3n) is 3.54. The maximum Gasteiger partial charge on any atom is 0.317 e. The van der Waals surface area contributed by atoms with Gasteiger partial charge in [0.15, 0.2) is 0 Å². The predicted octanol–water partition coefficient (Wildman–Crippen LogP) is 1.45. The maximum atomic E-state index is 14.6. The number of hydrogen-bond donors (Lipinski definition) is 2. The molecule has 114 valence electrons. The molecule has 0 bridgehead atoms. The number of alkyl halides is 1. The smallest absolute Gasteiger partial charge is 0.317 e. The number of hydrogen-bond acceptors (Lipinski definition) is 2. The largest absolute Gasteiger partial charge is 0.349 e. The molecule has 0 unspecified atom stereocenters. The summed E-state index contributed by atoms with van der Waals surface area (Å²) < 4.78 is 14.6. The normalized spacial score (nSPS) is 21.1. The fraction of sp³-hybridized carbons (Fsp3) is 0.467. The number of nitrogens with zero attached hydrogens (tertiary/aromatic N) is 1. The van der Waals surface area contributed by atoms with Crippen molar-refractivity contribution in [3.63, 3.8) is 0 Å². The van der Waals surface area contributed by atoms with Crippen molar-refractivity contribution in [2.24, 2.45) is 0 Å². The van der Waals surface area contributed by atoms with E-state index in [1.807, 2.05) is 30.3 Å². The zero-order chi connectivity index (χ0) is 15.3. The quantitative estimate of drug-likeness (QED) is 0.882. The van der Waals surface area contributed by atoms with E-state index in [1.54, 1.807) is 6.92 Å². The first-order valence-corrected chi connectivity index (χ1v) is 7.09. The minimum absolute atomic E-state index is 0.0325. The Morgan fingerprint density at radius 3 is 2.67 bits per heavy atom. The van der Waals surface area contributed by atoms with Crippen molar-refractivity contribution < 1.29 is 14.0 Å². The number of likely N-dealkylation sites (tertiary alicyclic amines) is 1. The standard InChI is InChI=1S/C15H20FN3O2/c1-2-17-14(21)19-9-8-15(16,11-19)13(20)18-10-12-6-4-3-5-7-12/h3-7H,2,8-11H2,1H3,(H,17,21)(H,18,20)/t15-/m0/s1. The second kappa shape index (κ2) is 6.56.